The standard InChI is InChI=1S/C32H27N3O4/c1-4-20(2)38-29-17-16-21-10-5-6-11-22(21)25(29)19-33-35-31(34-26-13-8-7-12-23(26)32(35)36)30-18-24-27(37-3)14-9-15-28(24)39-30/h5-20H,4H2,1-3H3/t20-/m1/s1. The fourth-order valence-corrected chi connectivity index (χ4v) is 4.64. The van der Waals surface area contributed by atoms with Crippen molar-refractivity contribution in [2.24, 2.45) is 5.10 Å². The number of rotatable bonds is 7. The van der Waals surface area contributed by atoms with Crippen LogP contribution < -0.4 is 15.0 Å². The van der Waals surface area contributed by atoms with E-state index in [1.807, 2.05) is 79.7 Å². The van der Waals surface area contributed by atoms with Gasteiger partial charge in [-0.15, -0.1) is 0 Å². The van der Waals surface area contributed by atoms with Gasteiger partial charge in [-0.3, -0.25) is 4.79 Å². The average molecular weight is 518 g/mol. The molecule has 0 unspecified atom stereocenters. The molecule has 7 heteroatoms. The minimum absolute atomic E-state index is 0.0180. The molecule has 1 atom stereocenters. The Bertz CT molecular complexity index is 1920. The van der Waals surface area contributed by atoms with Crippen LogP contribution in [0.1, 0.15) is 25.8 Å². The van der Waals surface area contributed by atoms with Crippen molar-refractivity contribution in [1.29, 1.82) is 0 Å². The number of methoxy groups -OCH3 is 1. The summed E-state index contributed by atoms with van der Waals surface area (Å²) in [6.07, 6.45) is 2.55. The Morgan fingerprint density at radius 1 is 0.949 bits per heavy atom. The second-order valence-electron chi connectivity index (χ2n) is 9.33. The zero-order chi connectivity index (χ0) is 26.9. The Morgan fingerprint density at radius 2 is 1.74 bits per heavy atom. The monoisotopic (exact) mass is 517 g/mol. The number of hydrogen-bond donors (Lipinski definition) is 0. The van der Waals surface area contributed by atoms with Crippen LogP contribution in [-0.4, -0.2) is 29.1 Å². The number of furan rings is 1. The number of nitrogens with zero attached hydrogens (tertiary/aromatic N) is 3. The van der Waals surface area contributed by atoms with Crippen molar-refractivity contribution in [3.63, 3.8) is 0 Å². The number of para-hydroxylation sites is 1. The van der Waals surface area contributed by atoms with E-state index in [1.54, 1.807) is 25.5 Å². The van der Waals surface area contributed by atoms with Crippen LogP contribution in [0.3, 0.4) is 0 Å². The fraction of sp³-hybridized carbons (Fsp3) is 0.156. The highest BCUT2D eigenvalue weighted by molar-refractivity contribution is 6.02. The van der Waals surface area contributed by atoms with E-state index < -0.39 is 0 Å². The summed E-state index contributed by atoms with van der Waals surface area (Å²) in [6.45, 7) is 4.11. The molecule has 0 amide bonds. The van der Waals surface area contributed by atoms with Crippen molar-refractivity contribution in [1.82, 2.24) is 9.66 Å². The molecule has 6 rings (SSSR count). The summed E-state index contributed by atoms with van der Waals surface area (Å²) in [5, 5.41) is 7.96. The second-order valence-corrected chi connectivity index (χ2v) is 9.33. The lowest BCUT2D eigenvalue weighted by atomic mass is 10.0. The molecule has 2 heterocycles. The van der Waals surface area contributed by atoms with Crippen molar-refractivity contribution in [3.05, 3.63) is 101 Å². The third-order valence-electron chi connectivity index (χ3n) is 6.85. The Kier molecular flexibility index (Phi) is 6.32. The van der Waals surface area contributed by atoms with Crippen LogP contribution >= 0.6 is 0 Å². The molecule has 4 aromatic carbocycles. The molecule has 0 spiro atoms. The smallest absolute Gasteiger partial charge is 0.282 e. The Hall–Kier alpha value is -4.91. The van der Waals surface area contributed by atoms with Gasteiger partial charge in [0, 0.05) is 5.56 Å². The van der Waals surface area contributed by atoms with Gasteiger partial charge in [0.05, 0.1) is 35.7 Å². The van der Waals surface area contributed by atoms with Crippen molar-refractivity contribution < 1.29 is 13.9 Å². The van der Waals surface area contributed by atoms with Gasteiger partial charge >= 0.3 is 0 Å². The molecule has 0 saturated carbocycles. The molecule has 39 heavy (non-hydrogen) atoms. The van der Waals surface area contributed by atoms with Gasteiger partial charge in [0.1, 0.15) is 17.1 Å². The van der Waals surface area contributed by atoms with Gasteiger partial charge in [-0.25, -0.2) is 4.98 Å². The number of hydrogen-bond acceptors (Lipinski definition) is 6. The predicted molar refractivity (Wildman–Crippen MR) is 155 cm³/mol. The first-order chi connectivity index (χ1) is 19.1. The Labute approximate surface area is 224 Å². The highest BCUT2D eigenvalue weighted by atomic mass is 16.5. The summed E-state index contributed by atoms with van der Waals surface area (Å²) in [7, 11) is 1.61. The molecule has 0 aliphatic carbocycles. The van der Waals surface area contributed by atoms with Crippen LogP contribution in [0, 0.1) is 0 Å². The highest BCUT2D eigenvalue weighted by Gasteiger charge is 2.18. The minimum atomic E-state index is -0.302. The maximum absolute atomic E-state index is 13.8. The van der Waals surface area contributed by atoms with Crippen molar-refractivity contribution in [2.75, 3.05) is 7.11 Å². The van der Waals surface area contributed by atoms with Gasteiger partial charge in [-0.1, -0.05) is 55.5 Å². The SMILES string of the molecule is CC[C@@H](C)Oc1ccc2ccccc2c1C=Nn1c(-c2cc3c(OC)cccc3o2)nc2ccccc2c1=O. The van der Waals surface area contributed by atoms with Crippen molar-refractivity contribution >= 4 is 38.9 Å². The summed E-state index contributed by atoms with van der Waals surface area (Å²) in [4.78, 5) is 18.6. The third-order valence-corrected chi connectivity index (χ3v) is 6.85. The predicted octanol–water partition coefficient (Wildman–Crippen LogP) is 7.03. The molecule has 0 radical (unpaired) electrons. The quantitative estimate of drug-likeness (QED) is 0.212. The maximum atomic E-state index is 13.8. The molecular weight excluding hydrogens is 490 g/mol. The lowest BCUT2D eigenvalue weighted by molar-refractivity contribution is 0.217. The molecule has 0 bridgehead atoms. The van der Waals surface area contributed by atoms with Gasteiger partial charge in [0.2, 0.25) is 5.82 Å². The van der Waals surface area contributed by atoms with E-state index in [1.165, 1.54) is 4.68 Å². The molecular formula is C32H27N3O4. The highest BCUT2D eigenvalue weighted by Crippen LogP contribution is 2.33. The van der Waals surface area contributed by atoms with Gasteiger partial charge in [-0.2, -0.15) is 9.78 Å². The van der Waals surface area contributed by atoms with E-state index in [4.69, 9.17) is 24.0 Å². The van der Waals surface area contributed by atoms with Crippen LogP contribution in [-0.2, 0) is 0 Å². The van der Waals surface area contributed by atoms with Gasteiger partial charge < -0.3 is 13.9 Å². The van der Waals surface area contributed by atoms with Crippen LogP contribution in [0.2, 0.25) is 0 Å². The lowest BCUT2D eigenvalue weighted by Gasteiger charge is -2.16. The van der Waals surface area contributed by atoms with Crippen LogP contribution in [0.4, 0.5) is 0 Å². The molecule has 0 fully saturated rings. The topological polar surface area (TPSA) is 78.8 Å². The minimum Gasteiger partial charge on any atom is -0.496 e. The van der Waals surface area contributed by atoms with Crippen molar-refractivity contribution in [3.8, 4) is 23.1 Å². The molecule has 0 aliphatic heterocycles. The lowest BCUT2D eigenvalue weighted by Crippen LogP contribution is -2.20. The number of aromatic nitrogens is 2. The van der Waals surface area contributed by atoms with Gasteiger partial charge in [0.15, 0.2) is 5.76 Å². The van der Waals surface area contributed by atoms with E-state index in [0.29, 0.717) is 33.7 Å². The largest absolute Gasteiger partial charge is 0.496 e. The van der Waals surface area contributed by atoms with Crippen LogP contribution in [0.15, 0.2) is 99.2 Å². The molecule has 194 valence electrons. The average Bonchev–Trinajstić information content (AvgIpc) is 3.41. The van der Waals surface area contributed by atoms with Crippen LogP contribution in [0.5, 0.6) is 11.5 Å². The molecule has 7 nitrogen and oxygen atoms in total. The van der Waals surface area contributed by atoms with Gasteiger partial charge in [0.25, 0.3) is 5.56 Å². The summed E-state index contributed by atoms with van der Waals surface area (Å²) >= 11 is 0. The molecule has 6 aromatic rings. The first-order valence-corrected chi connectivity index (χ1v) is 12.9. The fourth-order valence-electron chi connectivity index (χ4n) is 4.64. The number of fused-ring (bicyclic) bond motifs is 3. The van der Waals surface area contributed by atoms with E-state index in [9.17, 15) is 4.79 Å². The summed E-state index contributed by atoms with van der Waals surface area (Å²) in [5.74, 6) is 2.06. The summed E-state index contributed by atoms with van der Waals surface area (Å²) in [6, 6.07) is 26.6. The Balaban J connectivity index is 1.58. The summed E-state index contributed by atoms with van der Waals surface area (Å²) < 4.78 is 19.2. The first kappa shape index (κ1) is 24.4. The summed E-state index contributed by atoms with van der Waals surface area (Å²) in [5.41, 5.74) is 1.66. The van der Waals surface area contributed by atoms with Gasteiger partial charge in [-0.05, 0) is 60.5 Å². The third kappa shape index (κ3) is 4.42. The molecule has 0 aliphatic rings. The van der Waals surface area contributed by atoms with Crippen LogP contribution in [0.25, 0.3) is 44.2 Å². The zero-order valence-corrected chi connectivity index (χ0v) is 21.9. The number of benzene rings is 4. The van der Waals surface area contributed by atoms with E-state index in [-0.39, 0.29) is 17.5 Å². The maximum Gasteiger partial charge on any atom is 0.282 e. The molecule has 2 aromatic heterocycles. The zero-order valence-electron chi connectivity index (χ0n) is 21.9. The normalized spacial score (nSPS) is 12.5. The van der Waals surface area contributed by atoms with E-state index in [0.717, 1.165) is 28.1 Å². The molecule has 0 saturated heterocycles. The Morgan fingerprint density at radius 3 is 2.56 bits per heavy atom. The second kappa shape index (κ2) is 10.1. The molecule has 0 N–H and O–H groups in total. The van der Waals surface area contributed by atoms with E-state index >= 15 is 0 Å². The first-order valence-electron chi connectivity index (χ1n) is 12.9. The van der Waals surface area contributed by atoms with E-state index in [2.05, 4.69) is 6.92 Å². The van der Waals surface area contributed by atoms with Crippen molar-refractivity contribution in [2.45, 2.75) is 26.4 Å². The number of ether oxygens (including phenoxy) is 2.